The van der Waals surface area contributed by atoms with Gasteiger partial charge in [-0.05, 0) is 46.5 Å². The molecule has 0 aliphatic carbocycles. The summed E-state index contributed by atoms with van der Waals surface area (Å²) in [5.41, 5.74) is 4.74. The molecule has 3 aromatic carbocycles. The van der Waals surface area contributed by atoms with Gasteiger partial charge in [0.2, 0.25) is 0 Å². The molecule has 0 spiro atoms. The van der Waals surface area contributed by atoms with E-state index in [2.05, 4.69) is 0 Å². The first-order valence-corrected chi connectivity index (χ1v) is 9.42. The molecule has 0 aromatic heterocycles. The van der Waals surface area contributed by atoms with Crippen molar-refractivity contribution in [3.8, 4) is 28.0 Å². The zero-order chi connectivity index (χ0) is 18.3. The number of phenolic OH excluding ortho intramolecular Hbond substituents is 1. The third kappa shape index (κ3) is 2.75. The van der Waals surface area contributed by atoms with Gasteiger partial charge in [0, 0.05) is 21.2 Å². The molecule has 3 aromatic rings. The minimum absolute atomic E-state index is 0.0812. The number of phenols is 1. The molecule has 3 nitrogen and oxygen atoms in total. The lowest BCUT2D eigenvalue weighted by Crippen LogP contribution is -2.10. The van der Waals surface area contributed by atoms with Gasteiger partial charge in [0.25, 0.3) is 0 Å². The average molecular weight is 383 g/mol. The van der Waals surface area contributed by atoms with Crippen LogP contribution in [-0.4, -0.2) is 18.2 Å². The van der Waals surface area contributed by atoms with Gasteiger partial charge in [-0.3, -0.25) is 0 Å². The second-order valence-electron chi connectivity index (χ2n) is 5.96. The van der Waals surface area contributed by atoms with Gasteiger partial charge < -0.3 is 9.84 Å². The van der Waals surface area contributed by atoms with E-state index in [0.717, 1.165) is 32.7 Å². The number of ether oxygens (including phenoxy) is 1. The molecule has 0 atom stereocenters. The molecule has 0 saturated carbocycles. The lowest BCUT2D eigenvalue weighted by Gasteiger charge is -2.25. The Labute approximate surface area is 160 Å². The van der Waals surface area contributed by atoms with Gasteiger partial charge in [-0.15, -0.1) is 11.8 Å². The number of benzene rings is 3. The fourth-order valence-corrected chi connectivity index (χ4v) is 4.53. The monoisotopic (exact) mass is 382 g/mol. The van der Waals surface area contributed by atoms with Crippen LogP contribution in [0.5, 0.6) is 5.75 Å². The number of methoxy groups -OCH3 is 1. The van der Waals surface area contributed by atoms with Crippen LogP contribution in [0.4, 0.5) is 0 Å². The van der Waals surface area contributed by atoms with Crippen molar-refractivity contribution < 1.29 is 14.6 Å². The topological polar surface area (TPSA) is 46.5 Å². The van der Waals surface area contributed by atoms with Crippen LogP contribution < -0.4 is 0 Å². The summed E-state index contributed by atoms with van der Waals surface area (Å²) in [6, 6.07) is 17.0. The molecular weight excluding hydrogens is 368 g/mol. The molecule has 26 heavy (non-hydrogen) atoms. The van der Waals surface area contributed by atoms with Gasteiger partial charge in [0.1, 0.15) is 11.3 Å². The molecule has 0 bridgehead atoms. The van der Waals surface area contributed by atoms with E-state index in [-0.39, 0.29) is 11.3 Å². The fourth-order valence-electron chi connectivity index (χ4n) is 3.30. The summed E-state index contributed by atoms with van der Waals surface area (Å²) < 4.78 is 4.94. The van der Waals surface area contributed by atoms with E-state index in [1.165, 1.54) is 7.11 Å². The van der Waals surface area contributed by atoms with Crippen molar-refractivity contribution in [2.75, 3.05) is 7.11 Å². The zero-order valence-electron chi connectivity index (χ0n) is 14.0. The van der Waals surface area contributed by atoms with Crippen molar-refractivity contribution in [2.24, 2.45) is 0 Å². The number of carbonyl (C=O) groups is 1. The largest absolute Gasteiger partial charge is 0.507 e. The van der Waals surface area contributed by atoms with Crippen molar-refractivity contribution in [2.45, 2.75) is 10.6 Å². The zero-order valence-corrected chi connectivity index (χ0v) is 15.5. The molecular formula is C21H15ClO3S. The first-order valence-electron chi connectivity index (χ1n) is 8.05. The van der Waals surface area contributed by atoms with Crippen LogP contribution in [0.1, 0.15) is 15.9 Å². The Kier molecular flexibility index (Phi) is 4.39. The van der Waals surface area contributed by atoms with Gasteiger partial charge in [0.05, 0.1) is 7.11 Å². The fraction of sp³-hybridized carbons (Fsp3) is 0.0952. The first-order chi connectivity index (χ1) is 12.6. The van der Waals surface area contributed by atoms with Gasteiger partial charge in [-0.2, -0.15) is 0 Å². The normalized spacial score (nSPS) is 12.2. The maximum absolute atomic E-state index is 12.4. The molecule has 0 saturated heterocycles. The highest BCUT2D eigenvalue weighted by molar-refractivity contribution is 7.98. The lowest BCUT2D eigenvalue weighted by atomic mass is 9.87. The summed E-state index contributed by atoms with van der Waals surface area (Å²) in [4.78, 5) is 13.5. The second kappa shape index (κ2) is 6.71. The maximum atomic E-state index is 12.4. The lowest BCUT2D eigenvalue weighted by molar-refractivity contribution is 0.0598. The van der Waals surface area contributed by atoms with E-state index in [1.807, 2.05) is 48.5 Å². The summed E-state index contributed by atoms with van der Waals surface area (Å²) >= 11 is 7.73. The summed E-state index contributed by atoms with van der Waals surface area (Å²) in [5, 5.41) is 11.3. The predicted octanol–water partition coefficient (Wildman–Crippen LogP) is 5.77. The molecule has 1 N–H and O–H groups in total. The summed E-state index contributed by atoms with van der Waals surface area (Å²) in [5.74, 6) is 0.0829. The third-order valence-electron chi connectivity index (χ3n) is 4.49. The molecule has 1 aliphatic rings. The molecule has 1 heterocycles. The van der Waals surface area contributed by atoms with Crippen molar-refractivity contribution in [3.63, 3.8) is 0 Å². The van der Waals surface area contributed by atoms with E-state index in [9.17, 15) is 9.90 Å². The van der Waals surface area contributed by atoms with E-state index < -0.39 is 5.97 Å². The van der Waals surface area contributed by atoms with Crippen molar-refractivity contribution in [1.82, 2.24) is 0 Å². The summed E-state index contributed by atoms with van der Waals surface area (Å²) in [6.45, 7) is 0. The Bertz CT molecular complexity index is 1010. The van der Waals surface area contributed by atoms with E-state index >= 15 is 0 Å². The molecule has 0 fully saturated rings. The Balaban J connectivity index is 2.06. The third-order valence-corrected chi connectivity index (χ3v) is 5.84. The molecule has 0 radical (unpaired) electrons. The predicted molar refractivity (Wildman–Crippen MR) is 105 cm³/mol. The first kappa shape index (κ1) is 17.0. The Hall–Kier alpha value is -2.43. The average Bonchev–Trinajstić information content (AvgIpc) is 2.67. The molecule has 0 unspecified atom stereocenters. The van der Waals surface area contributed by atoms with Crippen LogP contribution in [0.3, 0.4) is 0 Å². The quantitative estimate of drug-likeness (QED) is 0.571. The Morgan fingerprint density at radius 2 is 1.85 bits per heavy atom. The van der Waals surface area contributed by atoms with Crippen molar-refractivity contribution >= 4 is 29.3 Å². The highest BCUT2D eigenvalue weighted by Crippen LogP contribution is 2.49. The highest BCUT2D eigenvalue weighted by atomic mass is 35.5. The van der Waals surface area contributed by atoms with E-state index in [1.54, 1.807) is 17.8 Å². The highest BCUT2D eigenvalue weighted by Gasteiger charge is 2.29. The standard InChI is InChI=1S/C21H15ClO3S/c1-25-21(24)20-17(23)10-15(12-6-8-13(22)9-7-12)16-11-26-18-5-3-2-4-14(18)19(16)20/h2-10,23H,11H2,1H3. The minimum Gasteiger partial charge on any atom is -0.507 e. The van der Waals surface area contributed by atoms with Crippen LogP contribution >= 0.6 is 23.4 Å². The van der Waals surface area contributed by atoms with Crippen LogP contribution in [0.25, 0.3) is 22.3 Å². The maximum Gasteiger partial charge on any atom is 0.342 e. The smallest absolute Gasteiger partial charge is 0.342 e. The van der Waals surface area contributed by atoms with Crippen molar-refractivity contribution in [1.29, 1.82) is 0 Å². The Morgan fingerprint density at radius 3 is 2.58 bits per heavy atom. The van der Waals surface area contributed by atoms with Crippen molar-refractivity contribution in [3.05, 3.63) is 70.7 Å². The molecule has 130 valence electrons. The molecule has 4 rings (SSSR count). The van der Waals surface area contributed by atoms with Gasteiger partial charge in [-0.25, -0.2) is 4.79 Å². The van der Waals surface area contributed by atoms with E-state index in [0.29, 0.717) is 10.8 Å². The number of thioether (sulfide) groups is 1. The minimum atomic E-state index is -0.539. The number of hydrogen-bond donors (Lipinski definition) is 1. The van der Waals surface area contributed by atoms with Crippen LogP contribution in [0, 0.1) is 0 Å². The van der Waals surface area contributed by atoms with Gasteiger partial charge in [0.15, 0.2) is 0 Å². The molecule has 5 heteroatoms. The van der Waals surface area contributed by atoms with Gasteiger partial charge >= 0.3 is 5.97 Å². The number of hydrogen-bond acceptors (Lipinski definition) is 4. The van der Waals surface area contributed by atoms with E-state index in [4.69, 9.17) is 16.3 Å². The number of carbonyl (C=O) groups excluding carboxylic acids is 1. The number of fused-ring (bicyclic) bond motifs is 3. The van der Waals surface area contributed by atoms with Crippen LogP contribution in [0.2, 0.25) is 5.02 Å². The van der Waals surface area contributed by atoms with Crippen LogP contribution in [-0.2, 0) is 10.5 Å². The summed E-state index contributed by atoms with van der Waals surface area (Å²) in [6.07, 6.45) is 0. The van der Waals surface area contributed by atoms with Crippen LogP contribution in [0.15, 0.2) is 59.5 Å². The number of halogens is 1. The number of esters is 1. The Morgan fingerprint density at radius 1 is 1.12 bits per heavy atom. The summed E-state index contributed by atoms with van der Waals surface area (Å²) in [7, 11) is 1.32. The number of aromatic hydroxyl groups is 1. The SMILES string of the molecule is COC(=O)c1c(O)cc(-c2ccc(Cl)cc2)c2c1-c1ccccc1SC2. The second-order valence-corrected chi connectivity index (χ2v) is 7.41. The number of rotatable bonds is 2. The van der Waals surface area contributed by atoms with Gasteiger partial charge in [-0.1, -0.05) is 41.9 Å². The molecule has 1 aliphatic heterocycles. The molecule has 0 amide bonds.